The lowest BCUT2D eigenvalue weighted by Gasteiger charge is -2.06. The molecule has 0 radical (unpaired) electrons. The molecule has 12 heteroatoms. The van der Waals surface area contributed by atoms with E-state index in [9.17, 15) is 12.8 Å². The van der Waals surface area contributed by atoms with E-state index in [1.165, 1.54) is 41.9 Å². The largest absolute Gasteiger partial charge is 0.326 e. The van der Waals surface area contributed by atoms with Gasteiger partial charge in [-0.25, -0.2) is 26.7 Å². The molecule has 2 N–H and O–H groups in total. The molecule has 178 valence electrons. The molecule has 0 spiro atoms. The number of thiazole rings is 1. The van der Waals surface area contributed by atoms with Crippen molar-refractivity contribution in [1.82, 2.24) is 18.9 Å². The smallest absolute Gasteiger partial charge is 0.269 e. The van der Waals surface area contributed by atoms with Gasteiger partial charge in [-0.05, 0) is 35.4 Å². The molecule has 0 fully saturated rings. The van der Waals surface area contributed by atoms with Crippen molar-refractivity contribution < 1.29 is 12.8 Å². The second-order valence-electron chi connectivity index (χ2n) is 7.57. The normalized spacial score (nSPS) is 11.9. The Bertz CT molecular complexity index is 1670. The molecule has 0 unspecified atom stereocenters. The molecule has 0 aliphatic carbocycles. The van der Waals surface area contributed by atoms with Gasteiger partial charge in [0.05, 0.1) is 16.1 Å². The Kier molecular flexibility index (Phi) is 6.32. The van der Waals surface area contributed by atoms with Crippen LogP contribution in [0.25, 0.3) is 21.7 Å². The summed E-state index contributed by atoms with van der Waals surface area (Å²) >= 11 is 13.9. The zero-order valence-corrected chi connectivity index (χ0v) is 21.0. The summed E-state index contributed by atoms with van der Waals surface area (Å²) in [5.41, 5.74) is 7.60. The number of benzene rings is 1. The summed E-state index contributed by atoms with van der Waals surface area (Å²) in [5, 5.41) is 1.67. The second-order valence-corrected chi connectivity index (χ2v) is 11.3. The first kappa shape index (κ1) is 23.8. The number of rotatable bonds is 6. The van der Waals surface area contributed by atoms with Crippen molar-refractivity contribution in [2.45, 2.75) is 17.9 Å². The van der Waals surface area contributed by atoms with Gasteiger partial charge in [-0.15, -0.1) is 11.3 Å². The maximum absolute atomic E-state index is 13.6. The Morgan fingerprint density at radius 1 is 1.06 bits per heavy atom. The van der Waals surface area contributed by atoms with Gasteiger partial charge in [0.15, 0.2) is 5.65 Å². The average Bonchev–Trinajstić information content (AvgIpc) is 3.40. The minimum Gasteiger partial charge on any atom is -0.326 e. The zero-order valence-electron chi connectivity index (χ0n) is 17.8. The minimum atomic E-state index is -3.90. The Labute approximate surface area is 214 Å². The van der Waals surface area contributed by atoms with Crippen LogP contribution in [0.1, 0.15) is 16.0 Å². The number of halogens is 3. The predicted octanol–water partition coefficient (Wildman–Crippen LogP) is 5.29. The van der Waals surface area contributed by atoms with Gasteiger partial charge >= 0.3 is 0 Å². The van der Waals surface area contributed by atoms with Crippen molar-refractivity contribution in [1.29, 1.82) is 0 Å². The molecule has 0 atom stereocenters. The molecular weight excluding hydrogens is 532 g/mol. The summed E-state index contributed by atoms with van der Waals surface area (Å²) in [6, 6.07) is 11.1. The van der Waals surface area contributed by atoms with Crippen LogP contribution in [0.2, 0.25) is 10.2 Å². The summed E-state index contributed by atoms with van der Waals surface area (Å²) in [6.45, 7) is 0.0849. The Balaban J connectivity index is 1.60. The van der Waals surface area contributed by atoms with E-state index in [2.05, 4.69) is 15.0 Å². The number of hydrogen-bond donors (Lipinski definition) is 1. The van der Waals surface area contributed by atoms with Gasteiger partial charge < -0.3 is 5.73 Å². The molecule has 0 saturated carbocycles. The molecule has 1 aromatic carbocycles. The van der Waals surface area contributed by atoms with Crippen molar-refractivity contribution in [2.24, 2.45) is 5.73 Å². The van der Waals surface area contributed by atoms with Gasteiger partial charge in [0, 0.05) is 35.6 Å². The lowest BCUT2D eigenvalue weighted by atomic mass is 10.1. The average molecular weight is 548 g/mol. The standard InChI is InChI=1S/C23H16Cl2FN5O2S2/c24-15-8-18-14(12-31(22(18)29-10-15)35(32,33)17-4-2-1-3-5-17)7-19-21(25)30-23(34-19)20-13(9-27)6-16(26)11-28-20/h1-6,8,10-12H,7,9,27H2. The fourth-order valence-electron chi connectivity index (χ4n) is 3.69. The number of nitrogens with two attached hydrogens (primary N) is 1. The van der Waals surface area contributed by atoms with E-state index in [1.807, 2.05) is 0 Å². The highest BCUT2D eigenvalue weighted by Crippen LogP contribution is 2.35. The number of aromatic nitrogens is 4. The third-order valence-corrected chi connectivity index (χ3v) is 8.68. The maximum Gasteiger partial charge on any atom is 0.269 e. The molecule has 5 aromatic rings. The second kappa shape index (κ2) is 9.29. The van der Waals surface area contributed by atoms with Crippen LogP contribution < -0.4 is 5.73 Å². The first-order valence-electron chi connectivity index (χ1n) is 10.2. The molecule has 5 rings (SSSR count). The molecule has 7 nitrogen and oxygen atoms in total. The lowest BCUT2D eigenvalue weighted by Crippen LogP contribution is -2.12. The van der Waals surface area contributed by atoms with Crippen molar-refractivity contribution >= 4 is 55.6 Å². The Hall–Kier alpha value is -2.89. The Morgan fingerprint density at radius 2 is 1.83 bits per heavy atom. The molecule has 4 aromatic heterocycles. The quantitative estimate of drug-likeness (QED) is 0.310. The third kappa shape index (κ3) is 4.43. The number of hydrogen-bond acceptors (Lipinski definition) is 7. The van der Waals surface area contributed by atoms with Crippen molar-refractivity contribution in [2.75, 3.05) is 0 Å². The summed E-state index contributed by atoms with van der Waals surface area (Å²) in [5.74, 6) is -0.492. The van der Waals surface area contributed by atoms with Crippen LogP contribution in [0.15, 0.2) is 66.0 Å². The van der Waals surface area contributed by atoms with Crippen LogP contribution in [0.3, 0.4) is 0 Å². The molecule has 0 bridgehead atoms. The number of pyridine rings is 2. The lowest BCUT2D eigenvalue weighted by molar-refractivity contribution is 0.588. The molecular formula is C23H16Cl2FN5O2S2. The van der Waals surface area contributed by atoms with Crippen LogP contribution in [0.4, 0.5) is 4.39 Å². The molecule has 4 heterocycles. The van der Waals surface area contributed by atoms with Gasteiger partial charge in [0.1, 0.15) is 21.7 Å². The molecule has 35 heavy (non-hydrogen) atoms. The van der Waals surface area contributed by atoms with Gasteiger partial charge in [-0.1, -0.05) is 41.4 Å². The molecule has 0 saturated heterocycles. The molecule has 0 amide bonds. The van der Waals surface area contributed by atoms with Crippen LogP contribution in [0.5, 0.6) is 0 Å². The fourth-order valence-corrected chi connectivity index (χ4v) is 6.54. The van der Waals surface area contributed by atoms with Crippen LogP contribution in [-0.4, -0.2) is 27.3 Å². The number of fused-ring (bicyclic) bond motifs is 1. The van der Waals surface area contributed by atoms with E-state index in [1.54, 1.807) is 24.3 Å². The summed E-state index contributed by atoms with van der Waals surface area (Å²) in [6.07, 6.45) is 4.29. The van der Waals surface area contributed by atoms with Gasteiger partial charge in [0.25, 0.3) is 10.0 Å². The first-order chi connectivity index (χ1) is 16.8. The SMILES string of the molecule is NCc1cc(F)cnc1-c1nc(Cl)c(Cc2cn(S(=O)(=O)c3ccccc3)c3ncc(Cl)cc23)s1. The highest BCUT2D eigenvalue weighted by atomic mass is 35.5. The topological polar surface area (TPSA) is 104 Å². The minimum absolute atomic E-state index is 0.0849. The van der Waals surface area contributed by atoms with Crippen LogP contribution in [0, 0.1) is 5.82 Å². The first-order valence-corrected chi connectivity index (χ1v) is 13.3. The molecule has 0 aliphatic rings. The van der Waals surface area contributed by atoms with E-state index >= 15 is 0 Å². The summed E-state index contributed by atoms with van der Waals surface area (Å²) < 4.78 is 41.5. The van der Waals surface area contributed by atoms with E-state index in [-0.39, 0.29) is 28.7 Å². The summed E-state index contributed by atoms with van der Waals surface area (Å²) in [4.78, 5) is 13.6. The number of nitrogens with zero attached hydrogens (tertiary/aromatic N) is 4. The van der Waals surface area contributed by atoms with E-state index in [0.29, 0.717) is 37.1 Å². The van der Waals surface area contributed by atoms with Gasteiger partial charge in [-0.3, -0.25) is 4.98 Å². The van der Waals surface area contributed by atoms with E-state index < -0.39 is 15.8 Å². The highest BCUT2D eigenvalue weighted by molar-refractivity contribution is 7.90. The monoisotopic (exact) mass is 547 g/mol. The maximum atomic E-state index is 13.6. The van der Waals surface area contributed by atoms with Crippen LogP contribution >= 0.6 is 34.5 Å². The molecule has 0 aliphatic heterocycles. The van der Waals surface area contributed by atoms with Crippen molar-refractivity contribution in [3.8, 4) is 10.7 Å². The van der Waals surface area contributed by atoms with E-state index in [0.717, 1.165) is 10.2 Å². The van der Waals surface area contributed by atoms with Gasteiger partial charge in [-0.2, -0.15) is 0 Å². The highest BCUT2D eigenvalue weighted by Gasteiger charge is 2.24. The fraction of sp³-hybridized carbons (Fsp3) is 0.0870. The summed E-state index contributed by atoms with van der Waals surface area (Å²) in [7, 11) is -3.90. The van der Waals surface area contributed by atoms with Crippen molar-refractivity contribution in [3.63, 3.8) is 0 Å². The van der Waals surface area contributed by atoms with Crippen molar-refractivity contribution in [3.05, 3.63) is 93.1 Å². The van der Waals surface area contributed by atoms with E-state index in [4.69, 9.17) is 28.9 Å². The van der Waals surface area contributed by atoms with Crippen LogP contribution in [-0.2, 0) is 23.0 Å². The predicted molar refractivity (Wildman–Crippen MR) is 135 cm³/mol. The third-order valence-electron chi connectivity index (χ3n) is 5.32. The zero-order chi connectivity index (χ0) is 24.7. The van der Waals surface area contributed by atoms with Gasteiger partial charge in [0.2, 0.25) is 0 Å². The Morgan fingerprint density at radius 3 is 2.57 bits per heavy atom.